The van der Waals surface area contributed by atoms with E-state index in [1.165, 1.54) is 0 Å². The van der Waals surface area contributed by atoms with Crippen LogP contribution in [0.25, 0.3) is 11.5 Å². The van der Waals surface area contributed by atoms with Gasteiger partial charge in [-0.15, -0.1) is 21.5 Å². The van der Waals surface area contributed by atoms with Gasteiger partial charge in [0.05, 0.1) is 10.7 Å². The normalized spacial score (nSPS) is 16.8. The van der Waals surface area contributed by atoms with E-state index in [4.69, 9.17) is 4.42 Å². The topological polar surface area (TPSA) is 98.7 Å². The second kappa shape index (κ2) is 7.22. The number of aryl methyl sites for hydroxylation is 4. The Bertz CT molecular complexity index is 973. The number of amides is 1. The molecule has 9 heteroatoms. The highest BCUT2D eigenvalue weighted by molar-refractivity contribution is 7.09. The van der Waals surface area contributed by atoms with Crippen LogP contribution in [0, 0.1) is 13.8 Å². The number of rotatable bonds is 4. The molecule has 0 aromatic carbocycles. The molecule has 8 nitrogen and oxygen atoms in total. The van der Waals surface area contributed by atoms with E-state index in [0.717, 1.165) is 48.2 Å². The maximum Gasteiger partial charge on any atom is 0.289 e. The van der Waals surface area contributed by atoms with Gasteiger partial charge in [-0.2, -0.15) is 0 Å². The Morgan fingerprint density at radius 2 is 2.19 bits per heavy atom. The van der Waals surface area contributed by atoms with Crippen molar-refractivity contribution in [3.63, 3.8) is 0 Å². The summed E-state index contributed by atoms with van der Waals surface area (Å²) in [6.07, 6.45) is 3.05. The van der Waals surface area contributed by atoms with Crippen molar-refractivity contribution in [1.82, 2.24) is 30.0 Å². The SMILES string of the molecule is CCc1nc(C)c(C(=O)NC2CCc3nnc(-c4csc(C)n4)n3CC2)o1. The average Bonchev–Trinajstić information content (AvgIpc) is 3.32. The van der Waals surface area contributed by atoms with Gasteiger partial charge in [0.25, 0.3) is 5.91 Å². The average molecular weight is 386 g/mol. The van der Waals surface area contributed by atoms with Crippen LogP contribution in [-0.4, -0.2) is 36.7 Å². The number of nitrogens with one attached hydrogen (secondary N) is 1. The van der Waals surface area contributed by atoms with E-state index in [1.54, 1.807) is 18.3 Å². The minimum Gasteiger partial charge on any atom is -0.435 e. The highest BCUT2D eigenvalue weighted by Gasteiger charge is 2.25. The van der Waals surface area contributed by atoms with Crippen LogP contribution < -0.4 is 5.32 Å². The van der Waals surface area contributed by atoms with Crippen LogP contribution in [0.1, 0.15) is 52.7 Å². The first-order chi connectivity index (χ1) is 13.0. The van der Waals surface area contributed by atoms with Crippen LogP contribution in [0.3, 0.4) is 0 Å². The van der Waals surface area contributed by atoms with E-state index in [0.29, 0.717) is 23.8 Å². The van der Waals surface area contributed by atoms with Crippen LogP contribution in [0.4, 0.5) is 0 Å². The summed E-state index contributed by atoms with van der Waals surface area (Å²) in [5.74, 6) is 2.45. The zero-order valence-corrected chi connectivity index (χ0v) is 16.5. The number of hydrogen-bond donors (Lipinski definition) is 1. The Hall–Kier alpha value is -2.55. The summed E-state index contributed by atoms with van der Waals surface area (Å²) in [4.78, 5) is 21.4. The summed E-state index contributed by atoms with van der Waals surface area (Å²) in [6.45, 7) is 6.48. The quantitative estimate of drug-likeness (QED) is 0.740. The van der Waals surface area contributed by atoms with Crippen LogP contribution in [0.15, 0.2) is 9.80 Å². The molecule has 1 atom stereocenters. The van der Waals surface area contributed by atoms with Crippen molar-refractivity contribution in [3.05, 3.63) is 33.6 Å². The first-order valence-electron chi connectivity index (χ1n) is 9.17. The number of carbonyl (C=O) groups is 1. The summed E-state index contributed by atoms with van der Waals surface area (Å²) in [7, 11) is 0. The van der Waals surface area contributed by atoms with Crippen molar-refractivity contribution in [2.45, 2.75) is 59.0 Å². The van der Waals surface area contributed by atoms with E-state index < -0.39 is 0 Å². The van der Waals surface area contributed by atoms with Gasteiger partial charge in [-0.3, -0.25) is 4.79 Å². The number of aromatic nitrogens is 5. The maximum absolute atomic E-state index is 12.6. The number of oxazole rings is 1. The molecule has 0 fully saturated rings. The number of carbonyl (C=O) groups excluding carboxylic acids is 1. The zero-order chi connectivity index (χ0) is 19.0. The van der Waals surface area contributed by atoms with Gasteiger partial charge in [0.2, 0.25) is 5.76 Å². The highest BCUT2D eigenvalue weighted by Crippen LogP contribution is 2.24. The molecule has 0 saturated carbocycles. The zero-order valence-electron chi connectivity index (χ0n) is 15.7. The molecule has 142 valence electrons. The number of thiazole rings is 1. The fraction of sp³-hybridized carbons (Fsp3) is 0.500. The molecular formula is C18H22N6O2S. The Kier molecular flexibility index (Phi) is 4.77. The Labute approximate surface area is 161 Å². The molecule has 4 heterocycles. The van der Waals surface area contributed by atoms with E-state index in [1.807, 2.05) is 19.2 Å². The van der Waals surface area contributed by atoms with Gasteiger partial charge in [-0.1, -0.05) is 6.92 Å². The van der Waals surface area contributed by atoms with Crippen molar-refractivity contribution >= 4 is 17.2 Å². The van der Waals surface area contributed by atoms with E-state index in [2.05, 4.69) is 30.0 Å². The second-order valence-corrected chi connectivity index (χ2v) is 7.78. The van der Waals surface area contributed by atoms with Crippen molar-refractivity contribution in [2.24, 2.45) is 0 Å². The molecule has 3 aromatic heterocycles. The smallest absolute Gasteiger partial charge is 0.289 e. The predicted molar refractivity (Wildman–Crippen MR) is 101 cm³/mol. The van der Waals surface area contributed by atoms with Gasteiger partial charge in [0.1, 0.15) is 11.5 Å². The summed E-state index contributed by atoms with van der Waals surface area (Å²) >= 11 is 1.60. The molecule has 0 bridgehead atoms. The number of fused-ring (bicyclic) bond motifs is 1. The van der Waals surface area contributed by atoms with Crippen molar-refractivity contribution < 1.29 is 9.21 Å². The fourth-order valence-corrected chi connectivity index (χ4v) is 3.94. The van der Waals surface area contributed by atoms with Crippen LogP contribution in [0.5, 0.6) is 0 Å². The Balaban J connectivity index is 1.46. The third-order valence-corrected chi connectivity index (χ3v) is 5.55. The van der Waals surface area contributed by atoms with Gasteiger partial charge in [-0.25, -0.2) is 9.97 Å². The van der Waals surface area contributed by atoms with Gasteiger partial charge in [0, 0.05) is 30.8 Å². The van der Waals surface area contributed by atoms with Crippen molar-refractivity contribution in [2.75, 3.05) is 0 Å². The maximum atomic E-state index is 12.6. The molecule has 0 spiro atoms. The summed E-state index contributed by atoms with van der Waals surface area (Å²) in [5.41, 5.74) is 1.50. The van der Waals surface area contributed by atoms with E-state index >= 15 is 0 Å². The molecule has 3 aromatic rings. The molecule has 1 N–H and O–H groups in total. The van der Waals surface area contributed by atoms with Gasteiger partial charge < -0.3 is 14.3 Å². The molecule has 4 rings (SSSR count). The lowest BCUT2D eigenvalue weighted by atomic mass is 10.1. The largest absolute Gasteiger partial charge is 0.435 e. The van der Waals surface area contributed by atoms with Gasteiger partial charge in [-0.05, 0) is 26.7 Å². The van der Waals surface area contributed by atoms with Crippen LogP contribution in [-0.2, 0) is 19.4 Å². The van der Waals surface area contributed by atoms with E-state index in [-0.39, 0.29) is 11.9 Å². The van der Waals surface area contributed by atoms with Gasteiger partial charge >= 0.3 is 0 Å². The molecule has 27 heavy (non-hydrogen) atoms. The first-order valence-corrected chi connectivity index (χ1v) is 10.0. The first kappa shape index (κ1) is 17.8. The van der Waals surface area contributed by atoms with E-state index in [9.17, 15) is 4.79 Å². The minimum absolute atomic E-state index is 0.0544. The molecule has 0 radical (unpaired) electrons. The molecule has 0 saturated heterocycles. The Morgan fingerprint density at radius 1 is 1.33 bits per heavy atom. The van der Waals surface area contributed by atoms with Crippen molar-refractivity contribution in [3.8, 4) is 11.5 Å². The molecule has 1 amide bonds. The third-order valence-electron chi connectivity index (χ3n) is 4.78. The van der Waals surface area contributed by atoms with Crippen LogP contribution >= 0.6 is 11.3 Å². The minimum atomic E-state index is -0.197. The molecule has 1 aliphatic heterocycles. The Morgan fingerprint density at radius 3 is 2.89 bits per heavy atom. The standard InChI is InChI=1S/C18H22N6O2S/c1-4-15-19-10(2)16(26-15)18(25)21-12-5-6-14-22-23-17(24(14)8-7-12)13-9-27-11(3)20-13/h9,12H,4-8H2,1-3H3,(H,21,25). The number of hydrogen-bond acceptors (Lipinski definition) is 7. The van der Waals surface area contributed by atoms with Crippen molar-refractivity contribution in [1.29, 1.82) is 0 Å². The monoisotopic (exact) mass is 386 g/mol. The number of nitrogens with zero attached hydrogens (tertiary/aromatic N) is 5. The van der Waals surface area contributed by atoms with Gasteiger partial charge in [0.15, 0.2) is 11.7 Å². The molecule has 1 unspecified atom stereocenters. The fourth-order valence-electron chi connectivity index (χ4n) is 3.35. The van der Waals surface area contributed by atoms with Crippen LogP contribution in [0.2, 0.25) is 0 Å². The summed E-state index contributed by atoms with van der Waals surface area (Å²) in [5, 5.41) is 14.8. The highest BCUT2D eigenvalue weighted by atomic mass is 32.1. The second-order valence-electron chi connectivity index (χ2n) is 6.72. The summed E-state index contributed by atoms with van der Waals surface area (Å²) in [6, 6.07) is 0.0544. The predicted octanol–water partition coefficient (Wildman–Crippen LogP) is 2.70. The molecule has 1 aliphatic rings. The third kappa shape index (κ3) is 3.51. The molecule has 0 aliphatic carbocycles. The molecular weight excluding hydrogens is 364 g/mol. The lowest BCUT2D eigenvalue weighted by Crippen LogP contribution is -2.35. The lowest BCUT2D eigenvalue weighted by Gasteiger charge is -2.15. The lowest BCUT2D eigenvalue weighted by molar-refractivity contribution is 0.0902. The summed E-state index contributed by atoms with van der Waals surface area (Å²) < 4.78 is 7.69.